The van der Waals surface area contributed by atoms with Crippen LogP contribution in [0.5, 0.6) is 0 Å². The third-order valence-corrected chi connectivity index (χ3v) is 5.13. The lowest BCUT2D eigenvalue weighted by Crippen LogP contribution is -2.10. The van der Waals surface area contributed by atoms with Crippen molar-refractivity contribution in [3.63, 3.8) is 0 Å². The van der Waals surface area contributed by atoms with Crippen molar-refractivity contribution in [3.05, 3.63) is 16.0 Å². The molecule has 0 radical (unpaired) electrons. The van der Waals surface area contributed by atoms with E-state index >= 15 is 0 Å². The standard InChI is InChI=1S/C9H12SSi/c1-5-11-9-7(3)6(2)8(4)10-9/h1H,11H2,2-4H3. The monoisotopic (exact) mass is 180 g/mol. The molecule has 1 aromatic rings. The molecule has 1 heterocycles. The Hall–Kier alpha value is -0.523. The van der Waals surface area contributed by atoms with Gasteiger partial charge in [-0.05, 0) is 31.9 Å². The maximum absolute atomic E-state index is 5.31. The molecule has 1 rings (SSSR count). The van der Waals surface area contributed by atoms with Crippen LogP contribution in [0.15, 0.2) is 0 Å². The van der Waals surface area contributed by atoms with E-state index in [-0.39, 0.29) is 9.52 Å². The number of rotatable bonds is 1. The van der Waals surface area contributed by atoms with E-state index in [1.54, 1.807) is 0 Å². The molecule has 1 aromatic heterocycles. The minimum Gasteiger partial charge on any atom is -0.149 e. The summed E-state index contributed by atoms with van der Waals surface area (Å²) in [4.78, 5) is 1.43. The summed E-state index contributed by atoms with van der Waals surface area (Å²) in [7, 11) is -0.384. The maximum atomic E-state index is 5.31. The second-order valence-corrected chi connectivity index (χ2v) is 6.00. The molecule has 11 heavy (non-hydrogen) atoms. The van der Waals surface area contributed by atoms with E-state index < -0.39 is 0 Å². The van der Waals surface area contributed by atoms with Crippen LogP contribution in [0.25, 0.3) is 0 Å². The summed E-state index contributed by atoms with van der Waals surface area (Å²) in [5.41, 5.74) is 5.69. The molecule has 0 fully saturated rings. The molecule has 0 aliphatic heterocycles. The summed E-state index contributed by atoms with van der Waals surface area (Å²) in [5, 5.41) is 0. The average Bonchev–Trinajstić information content (AvgIpc) is 2.19. The number of hydrogen-bond donors (Lipinski definition) is 0. The van der Waals surface area contributed by atoms with Crippen LogP contribution in [-0.2, 0) is 0 Å². The highest BCUT2D eigenvalue weighted by atomic mass is 32.1. The third-order valence-electron chi connectivity index (χ3n) is 2.05. The van der Waals surface area contributed by atoms with Gasteiger partial charge in [0.2, 0.25) is 0 Å². The molecule has 0 N–H and O–H groups in total. The maximum Gasteiger partial charge on any atom is 0.150 e. The SMILES string of the molecule is C#C[SiH2]c1sc(C)c(C)c1C. The highest BCUT2D eigenvalue weighted by molar-refractivity contribution is 7.22. The van der Waals surface area contributed by atoms with Crippen molar-refractivity contribution >= 4 is 25.4 Å². The van der Waals surface area contributed by atoms with Crippen LogP contribution >= 0.6 is 11.3 Å². The van der Waals surface area contributed by atoms with Crippen LogP contribution < -0.4 is 4.50 Å². The summed E-state index contributed by atoms with van der Waals surface area (Å²) in [5.74, 6) is 0. The lowest BCUT2D eigenvalue weighted by atomic mass is 10.2. The summed E-state index contributed by atoms with van der Waals surface area (Å²) in [6.07, 6.45) is 5.31. The van der Waals surface area contributed by atoms with Gasteiger partial charge in [-0.25, -0.2) is 0 Å². The Bertz CT molecular complexity index is 304. The van der Waals surface area contributed by atoms with Gasteiger partial charge in [0.15, 0.2) is 9.52 Å². The lowest BCUT2D eigenvalue weighted by molar-refractivity contribution is 1.36. The van der Waals surface area contributed by atoms with Crippen molar-refractivity contribution in [1.82, 2.24) is 0 Å². The number of hydrogen-bond acceptors (Lipinski definition) is 1. The quantitative estimate of drug-likeness (QED) is 0.448. The zero-order chi connectivity index (χ0) is 8.43. The van der Waals surface area contributed by atoms with Gasteiger partial charge in [0.25, 0.3) is 0 Å². The predicted octanol–water partition coefficient (Wildman–Crippen LogP) is 1.06. The van der Waals surface area contributed by atoms with Crippen molar-refractivity contribution in [2.24, 2.45) is 0 Å². The molecule has 0 saturated carbocycles. The molecule has 0 saturated heterocycles. The van der Waals surface area contributed by atoms with Gasteiger partial charge >= 0.3 is 0 Å². The molecule has 58 valence electrons. The molecule has 2 heteroatoms. The summed E-state index contributed by atoms with van der Waals surface area (Å²) in [6.45, 7) is 6.52. The Balaban J connectivity index is 3.10. The van der Waals surface area contributed by atoms with Crippen LogP contribution in [0.1, 0.15) is 16.0 Å². The van der Waals surface area contributed by atoms with Crippen molar-refractivity contribution < 1.29 is 0 Å². The first-order valence-electron chi connectivity index (χ1n) is 3.65. The third kappa shape index (κ3) is 1.55. The first-order valence-corrected chi connectivity index (χ1v) is 5.88. The zero-order valence-corrected chi connectivity index (χ0v) is 9.42. The molecule has 0 bridgehead atoms. The minimum absolute atomic E-state index is 0.384. The zero-order valence-electron chi connectivity index (χ0n) is 7.19. The molecule has 0 atom stereocenters. The summed E-state index contributed by atoms with van der Waals surface area (Å²) in [6, 6.07) is 0. The summed E-state index contributed by atoms with van der Waals surface area (Å²) >= 11 is 1.88. The summed E-state index contributed by atoms with van der Waals surface area (Å²) < 4.78 is 1.49. The fourth-order valence-electron chi connectivity index (χ4n) is 1.07. The Labute approximate surface area is 74.5 Å². The van der Waals surface area contributed by atoms with E-state index in [1.807, 2.05) is 11.3 Å². The van der Waals surface area contributed by atoms with Crippen molar-refractivity contribution in [3.8, 4) is 12.0 Å². The Kier molecular flexibility index (Phi) is 2.53. The molecule has 0 aliphatic carbocycles. The second kappa shape index (κ2) is 3.25. The van der Waals surface area contributed by atoms with Gasteiger partial charge in [0, 0.05) is 9.38 Å². The highest BCUT2D eigenvalue weighted by Crippen LogP contribution is 2.16. The van der Waals surface area contributed by atoms with Crippen molar-refractivity contribution in [1.29, 1.82) is 0 Å². The van der Waals surface area contributed by atoms with Gasteiger partial charge in [0.05, 0.1) is 0 Å². The molecule has 0 nitrogen and oxygen atoms in total. The molecule has 0 spiro atoms. The van der Waals surface area contributed by atoms with Gasteiger partial charge in [-0.2, -0.15) is 0 Å². The van der Waals surface area contributed by atoms with E-state index in [4.69, 9.17) is 6.42 Å². The molecule has 0 amide bonds. The smallest absolute Gasteiger partial charge is 0.149 e. The van der Waals surface area contributed by atoms with Gasteiger partial charge in [-0.15, -0.1) is 23.3 Å². The van der Waals surface area contributed by atoms with Crippen molar-refractivity contribution in [2.45, 2.75) is 20.8 Å². The van der Waals surface area contributed by atoms with Crippen LogP contribution in [0.4, 0.5) is 0 Å². The van der Waals surface area contributed by atoms with E-state index in [2.05, 4.69) is 26.3 Å². The van der Waals surface area contributed by atoms with E-state index in [0.717, 1.165) is 0 Å². The van der Waals surface area contributed by atoms with Crippen LogP contribution in [0.2, 0.25) is 0 Å². The van der Waals surface area contributed by atoms with Gasteiger partial charge in [0.1, 0.15) is 0 Å². The Morgan fingerprint density at radius 1 is 1.27 bits per heavy atom. The van der Waals surface area contributed by atoms with E-state index in [0.29, 0.717) is 0 Å². The largest absolute Gasteiger partial charge is 0.150 e. The first kappa shape index (κ1) is 8.57. The minimum atomic E-state index is -0.384. The molecule has 0 aromatic carbocycles. The molecule has 0 aliphatic rings. The van der Waals surface area contributed by atoms with Crippen LogP contribution in [0.3, 0.4) is 0 Å². The van der Waals surface area contributed by atoms with E-state index in [1.165, 1.54) is 20.5 Å². The average molecular weight is 180 g/mol. The second-order valence-electron chi connectivity index (χ2n) is 2.71. The Morgan fingerprint density at radius 2 is 1.91 bits per heavy atom. The Morgan fingerprint density at radius 3 is 2.27 bits per heavy atom. The number of terminal acetylenes is 1. The van der Waals surface area contributed by atoms with Crippen LogP contribution in [-0.4, -0.2) is 9.52 Å². The van der Waals surface area contributed by atoms with Gasteiger partial charge in [-0.3, -0.25) is 0 Å². The first-order chi connectivity index (χ1) is 5.16. The number of thiophene rings is 1. The fourth-order valence-corrected chi connectivity index (χ4v) is 3.96. The fraction of sp³-hybridized carbons (Fsp3) is 0.333. The van der Waals surface area contributed by atoms with Crippen molar-refractivity contribution in [2.75, 3.05) is 0 Å². The van der Waals surface area contributed by atoms with Gasteiger partial charge < -0.3 is 0 Å². The number of aryl methyl sites for hydroxylation is 1. The lowest BCUT2D eigenvalue weighted by Gasteiger charge is -1.91. The van der Waals surface area contributed by atoms with E-state index in [9.17, 15) is 0 Å². The normalized spacial score (nSPS) is 10.7. The highest BCUT2D eigenvalue weighted by Gasteiger charge is 2.06. The molecular formula is C9H12SSi. The van der Waals surface area contributed by atoms with Gasteiger partial charge in [-0.1, -0.05) is 0 Å². The van der Waals surface area contributed by atoms with Crippen LogP contribution in [0, 0.1) is 32.7 Å². The molecular weight excluding hydrogens is 168 g/mol. The predicted molar refractivity (Wildman–Crippen MR) is 55.5 cm³/mol. The topological polar surface area (TPSA) is 0 Å². The molecule has 0 unspecified atom stereocenters.